The van der Waals surface area contributed by atoms with E-state index in [0.717, 1.165) is 70.0 Å². The van der Waals surface area contributed by atoms with Gasteiger partial charge in [-0.1, -0.05) is 20.3 Å². The summed E-state index contributed by atoms with van der Waals surface area (Å²) in [5.41, 5.74) is 0.451. The van der Waals surface area contributed by atoms with Crippen LogP contribution in [0, 0.1) is 11.8 Å². The van der Waals surface area contributed by atoms with E-state index >= 15 is 0 Å². The van der Waals surface area contributed by atoms with E-state index in [9.17, 15) is 9.59 Å². The van der Waals surface area contributed by atoms with E-state index in [0.29, 0.717) is 17.7 Å². The molecule has 3 aliphatic rings. The number of carbonyl (C=O) groups excluding carboxylic acids is 2. The van der Waals surface area contributed by atoms with Gasteiger partial charge in [-0.25, -0.2) is 4.79 Å². The molecule has 0 aromatic carbocycles. The molecule has 1 amide bonds. The Bertz CT molecular complexity index is 568. The van der Waals surface area contributed by atoms with Crippen molar-refractivity contribution < 1.29 is 14.3 Å². The highest BCUT2D eigenvalue weighted by atomic mass is 16.6. The maximum Gasteiger partial charge on any atom is 0.335 e. The van der Waals surface area contributed by atoms with E-state index < -0.39 is 5.60 Å². The quantitative estimate of drug-likeness (QED) is 0.603. The predicted molar refractivity (Wildman–Crippen MR) is 102 cm³/mol. The Labute approximate surface area is 157 Å². The Morgan fingerprint density at radius 1 is 1.19 bits per heavy atom. The molecule has 2 fully saturated rings. The monoisotopic (exact) mass is 362 g/mol. The van der Waals surface area contributed by atoms with Gasteiger partial charge in [0, 0.05) is 25.2 Å². The maximum absolute atomic E-state index is 12.8. The molecule has 5 heteroatoms. The number of hydrogen-bond acceptors (Lipinski definition) is 4. The molecule has 0 unspecified atom stereocenters. The van der Waals surface area contributed by atoms with Gasteiger partial charge in [-0.05, 0) is 63.8 Å². The normalized spacial score (nSPS) is 29.1. The summed E-state index contributed by atoms with van der Waals surface area (Å²) in [5, 5.41) is 3.05. The highest BCUT2D eigenvalue weighted by Crippen LogP contribution is 2.43. The number of hydrogen-bond donors (Lipinski definition) is 1. The lowest BCUT2D eigenvalue weighted by Crippen LogP contribution is -2.42. The van der Waals surface area contributed by atoms with Gasteiger partial charge in [0.15, 0.2) is 0 Å². The van der Waals surface area contributed by atoms with Crippen LogP contribution in [0.4, 0.5) is 0 Å². The van der Waals surface area contributed by atoms with Crippen LogP contribution in [0.15, 0.2) is 11.1 Å². The van der Waals surface area contributed by atoms with Gasteiger partial charge in [0.1, 0.15) is 5.60 Å². The van der Waals surface area contributed by atoms with Crippen LogP contribution < -0.4 is 5.32 Å². The Kier molecular flexibility index (Phi) is 6.06. The molecular formula is C21H34N2O3. The number of amides is 1. The third-order valence-corrected chi connectivity index (χ3v) is 6.19. The molecule has 0 aromatic heterocycles. The summed E-state index contributed by atoms with van der Waals surface area (Å²) in [6.07, 6.45) is 7.01. The first-order valence-corrected chi connectivity index (χ1v) is 10.4. The predicted octanol–water partition coefficient (Wildman–Crippen LogP) is 3.05. The molecule has 1 saturated heterocycles. The van der Waals surface area contributed by atoms with Gasteiger partial charge in [0.2, 0.25) is 0 Å². The third-order valence-electron chi connectivity index (χ3n) is 6.19. The molecule has 1 aliphatic carbocycles. The summed E-state index contributed by atoms with van der Waals surface area (Å²) >= 11 is 0. The first-order chi connectivity index (χ1) is 12.4. The Hall–Kier alpha value is -1.36. The van der Waals surface area contributed by atoms with Crippen molar-refractivity contribution in [3.63, 3.8) is 0 Å². The topological polar surface area (TPSA) is 58.6 Å². The first-order valence-electron chi connectivity index (χ1n) is 10.4. The Morgan fingerprint density at radius 3 is 2.50 bits per heavy atom. The van der Waals surface area contributed by atoms with Gasteiger partial charge in [-0.2, -0.15) is 0 Å². The van der Waals surface area contributed by atoms with Gasteiger partial charge in [-0.15, -0.1) is 0 Å². The molecule has 3 rings (SSSR count). The fourth-order valence-electron chi connectivity index (χ4n) is 5.17. The second-order valence-corrected chi connectivity index (χ2v) is 8.76. The molecule has 1 saturated carbocycles. The zero-order valence-corrected chi connectivity index (χ0v) is 16.6. The minimum atomic E-state index is -0.652. The number of carbonyl (C=O) groups is 2. The number of rotatable bonds is 5. The molecule has 2 atom stereocenters. The van der Waals surface area contributed by atoms with Crippen LogP contribution in [0.3, 0.4) is 0 Å². The second kappa shape index (κ2) is 8.12. The van der Waals surface area contributed by atoms with Crippen molar-refractivity contribution in [3.8, 4) is 0 Å². The zero-order chi connectivity index (χ0) is 18.7. The molecule has 2 heterocycles. The second-order valence-electron chi connectivity index (χ2n) is 8.76. The van der Waals surface area contributed by atoms with Crippen molar-refractivity contribution in [2.45, 2.75) is 71.3 Å². The lowest BCUT2D eigenvalue weighted by atomic mass is 9.78. The van der Waals surface area contributed by atoms with E-state index in [4.69, 9.17) is 4.74 Å². The van der Waals surface area contributed by atoms with E-state index in [1.807, 2.05) is 0 Å². The summed E-state index contributed by atoms with van der Waals surface area (Å²) in [4.78, 5) is 27.4. The van der Waals surface area contributed by atoms with Crippen LogP contribution in [0.1, 0.15) is 65.7 Å². The maximum atomic E-state index is 12.8. The van der Waals surface area contributed by atoms with Crippen molar-refractivity contribution in [1.29, 1.82) is 0 Å². The van der Waals surface area contributed by atoms with Gasteiger partial charge < -0.3 is 15.0 Å². The number of nitrogens with zero attached hydrogens (tertiary/aromatic N) is 1. The van der Waals surface area contributed by atoms with Gasteiger partial charge >= 0.3 is 5.97 Å². The summed E-state index contributed by atoms with van der Waals surface area (Å²) in [6.45, 7) is 10.4. The van der Waals surface area contributed by atoms with Crippen molar-refractivity contribution in [2.75, 3.05) is 26.2 Å². The highest BCUT2D eigenvalue weighted by molar-refractivity contribution is 6.07. The molecule has 2 aliphatic heterocycles. The molecule has 0 radical (unpaired) electrons. The van der Waals surface area contributed by atoms with Crippen LogP contribution in [0.25, 0.3) is 0 Å². The van der Waals surface area contributed by atoms with E-state index in [1.165, 1.54) is 6.42 Å². The fraction of sp³-hybridized carbons (Fsp3) is 0.810. The average Bonchev–Trinajstić information content (AvgIpc) is 2.81. The largest absolute Gasteiger partial charge is 0.451 e. The molecule has 146 valence electrons. The van der Waals surface area contributed by atoms with E-state index in [-0.39, 0.29) is 11.9 Å². The summed E-state index contributed by atoms with van der Waals surface area (Å²) in [5.74, 6) is 1.10. The lowest BCUT2D eigenvalue weighted by Gasteiger charge is -2.35. The fourth-order valence-corrected chi connectivity index (χ4v) is 5.17. The van der Waals surface area contributed by atoms with Crippen LogP contribution >= 0.6 is 0 Å². The summed E-state index contributed by atoms with van der Waals surface area (Å²) < 4.78 is 5.68. The van der Waals surface area contributed by atoms with Crippen LogP contribution in [-0.2, 0) is 14.3 Å². The molecule has 1 spiro atoms. The van der Waals surface area contributed by atoms with E-state index in [1.54, 1.807) is 6.92 Å². The van der Waals surface area contributed by atoms with Gasteiger partial charge in [0.05, 0.1) is 5.57 Å². The molecule has 1 N–H and O–H groups in total. The van der Waals surface area contributed by atoms with Crippen molar-refractivity contribution >= 4 is 11.9 Å². The van der Waals surface area contributed by atoms with Gasteiger partial charge in [-0.3, -0.25) is 4.79 Å². The lowest BCUT2D eigenvalue weighted by molar-refractivity contribution is -0.149. The molecular weight excluding hydrogens is 328 g/mol. The summed E-state index contributed by atoms with van der Waals surface area (Å²) in [6, 6.07) is 0. The smallest absolute Gasteiger partial charge is 0.335 e. The molecule has 5 nitrogen and oxygen atoms in total. The summed E-state index contributed by atoms with van der Waals surface area (Å²) in [7, 11) is 0. The van der Waals surface area contributed by atoms with Crippen LogP contribution in [0.5, 0.6) is 0 Å². The Morgan fingerprint density at radius 2 is 1.85 bits per heavy atom. The SMILES string of the molecule is CC1=C(C(=O)NCCCN2C[C@@H](C)C[C@H](C)C2)C2(CCCCC2)OC1=O. The van der Waals surface area contributed by atoms with Crippen LogP contribution in [-0.4, -0.2) is 48.6 Å². The molecule has 0 aromatic rings. The number of likely N-dealkylation sites (tertiary alicyclic amines) is 1. The van der Waals surface area contributed by atoms with Gasteiger partial charge in [0.25, 0.3) is 5.91 Å². The zero-order valence-electron chi connectivity index (χ0n) is 16.6. The number of esters is 1. The van der Waals surface area contributed by atoms with Crippen molar-refractivity contribution in [1.82, 2.24) is 10.2 Å². The van der Waals surface area contributed by atoms with Crippen LogP contribution in [0.2, 0.25) is 0 Å². The minimum absolute atomic E-state index is 0.101. The molecule has 0 bridgehead atoms. The average molecular weight is 363 g/mol. The minimum Gasteiger partial charge on any atom is -0.451 e. The molecule has 26 heavy (non-hydrogen) atoms. The number of nitrogens with one attached hydrogen (secondary N) is 1. The number of ether oxygens (including phenoxy) is 1. The number of piperidine rings is 1. The Balaban J connectivity index is 1.51. The van der Waals surface area contributed by atoms with Crippen molar-refractivity contribution in [2.24, 2.45) is 11.8 Å². The first kappa shape index (κ1) is 19.4. The van der Waals surface area contributed by atoms with E-state index in [2.05, 4.69) is 24.1 Å². The standard InChI is InChI=1S/C21H34N2O3/c1-15-12-16(2)14-23(13-15)11-7-10-22-19(24)18-17(3)20(25)26-21(18)8-5-4-6-9-21/h15-16H,4-14H2,1-3H3,(H,22,24)/t15-,16-/m0/s1. The highest BCUT2D eigenvalue weighted by Gasteiger charge is 2.49. The van der Waals surface area contributed by atoms with Crippen molar-refractivity contribution in [3.05, 3.63) is 11.1 Å². The third kappa shape index (κ3) is 4.13.